The highest BCUT2D eigenvalue weighted by molar-refractivity contribution is 9.09. The highest BCUT2D eigenvalue weighted by Gasteiger charge is 2.08. The molecule has 0 amide bonds. The normalized spacial score (nSPS) is 12.5. The largest absolute Gasteiger partial charge is 0.494 e. The quantitative estimate of drug-likeness (QED) is 0.698. The van der Waals surface area contributed by atoms with Crippen LogP contribution in [0.25, 0.3) is 0 Å². The van der Waals surface area contributed by atoms with Gasteiger partial charge in [0.05, 0.1) is 6.61 Å². The number of halogens is 1. The summed E-state index contributed by atoms with van der Waals surface area (Å²) in [6.07, 6.45) is 2.46. The molecular formula is C13H19BrO. The van der Waals surface area contributed by atoms with Crippen molar-refractivity contribution in [3.05, 3.63) is 29.8 Å². The summed E-state index contributed by atoms with van der Waals surface area (Å²) in [5, 5.41) is 1.04. The first-order chi connectivity index (χ1) is 7.31. The predicted octanol–water partition coefficient (Wildman–Crippen LogP) is 4.36. The van der Waals surface area contributed by atoms with Crippen LogP contribution in [0.15, 0.2) is 24.3 Å². The first kappa shape index (κ1) is 12.6. The lowest BCUT2D eigenvalue weighted by Gasteiger charge is -2.13. The molecule has 0 saturated heterocycles. The third kappa shape index (κ3) is 3.86. The van der Waals surface area contributed by atoms with Gasteiger partial charge in [0, 0.05) is 5.33 Å². The van der Waals surface area contributed by atoms with Crippen molar-refractivity contribution in [3.8, 4) is 5.75 Å². The van der Waals surface area contributed by atoms with Gasteiger partial charge < -0.3 is 4.74 Å². The maximum absolute atomic E-state index is 5.42. The summed E-state index contributed by atoms with van der Waals surface area (Å²) in [6.45, 7) is 4.96. The summed E-state index contributed by atoms with van der Waals surface area (Å²) in [5.41, 5.74) is 1.40. The number of rotatable bonds is 6. The maximum Gasteiger partial charge on any atom is 0.119 e. The van der Waals surface area contributed by atoms with Gasteiger partial charge in [0.25, 0.3) is 0 Å². The Bertz CT molecular complexity index is 268. The number of hydrogen-bond acceptors (Lipinski definition) is 1. The van der Waals surface area contributed by atoms with Crippen LogP contribution >= 0.6 is 15.9 Å². The maximum atomic E-state index is 5.42. The molecule has 0 aliphatic heterocycles. The molecule has 2 heteroatoms. The number of benzene rings is 1. The average molecular weight is 271 g/mol. The number of hydrogen-bond donors (Lipinski definition) is 0. The molecule has 0 bridgehead atoms. The molecule has 0 N–H and O–H groups in total. The van der Waals surface area contributed by atoms with Gasteiger partial charge in [0.1, 0.15) is 5.75 Å². The number of ether oxygens (including phenoxy) is 1. The molecule has 0 aromatic heterocycles. The van der Waals surface area contributed by atoms with Crippen LogP contribution in [0.2, 0.25) is 0 Å². The van der Waals surface area contributed by atoms with Crippen LogP contribution in [0.1, 0.15) is 38.2 Å². The fourth-order valence-electron chi connectivity index (χ4n) is 1.68. The van der Waals surface area contributed by atoms with Gasteiger partial charge in [-0.25, -0.2) is 0 Å². The summed E-state index contributed by atoms with van der Waals surface area (Å²) in [7, 11) is 0. The van der Waals surface area contributed by atoms with Crippen molar-refractivity contribution in [1.82, 2.24) is 0 Å². The Labute approximate surface area is 101 Å². The molecular weight excluding hydrogens is 252 g/mol. The fraction of sp³-hybridized carbons (Fsp3) is 0.538. The van der Waals surface area contributed by atoms with Crippen molar-refractivity contribution in [1.29, 1.82) is 0 Å². The van der Waals surface area contributed by atoms with Gasteiger partial charge in [-0.05, 0) is 37.0 Å². The Morgan fingerprint density at radius 3 is 2.33 bits per heavy atom. The van der Waals surface area contributed by atoms with Gasteiger partial charge >= 0.3 is 0 Å². The minimum Gasteiger partial charge on any atom is -0.494 e. The van der Waals surface area contributed by atoms with E-state index in [1.807, 2.05) is 6.92 Å². The zero-order chi connectivity index (χ0) is 11.1. The van der Waals surface area contributed by atoms with Crippen molar-refractivity contribution in [3.63, 3.8) is 0 Å². The lowest BCUT2D eigenvalue weighted by atomic mass is 9.96. The van der Waals surface area contributed by atoms with Crippen molar-refractivity contribution >= 4 is 15.9 Å². The van der Waals surface area contributed by atoms with Gasteiger partial charge in [0.2, 0.25) is 0 Å². The molecule has 0 saturated carbocycles. The van der Waals surface area contributed by atoms with E-state index >= 15 is 0 Å². The molecule has 0 heterocycles. The van der Waals surface area contributed by atoms with Gasteiger partial charge in [-0.2, -0.15) is 0 Å². The topological polar surface area (TPSA) is 9.23 Å². The van der Waals surface area contributed by atoms with Crippen LogP contribution in [-0.2, 0) is 0 Å². The molecule has 0 spiro atoms. The SMILES string of the molecule is CCCC(CBr)c1ccc(OCC)cc1. The Kier molecular flexibility index (Phi) is 5.77. The minimum atomic E-state index is 0.630. The standard InChI is InChI=1S/C13H19BrO/c1-3-5-12(10-14)11-6-8-13(9-7-11)15-4-2/h6-9,12H,3-5,10H2,1-2H3. The molecule has 1 atom stereocenters. The molecule has 1 aromatic rings. The summed E-state index contributed by atoms with van der Waals surface area (Å²) in [6, 6.07) is 8.47. The van der Waals surface area contributed by atoms with Crippen LogP contribution in [-0.4, -0.2) is 11.9 Å². The third-order valence-electron chi connectivity index (χ3n) is 2.49. The molecule has 1 aromatic carbocycles. The molecule has 0 fully saturated rings. The third-order valence-corrected chi connectivity index (χ3v) is 3.27. The first-order valence-corrected chi connectivity index (χ1v) is 6.72. The van der Waals surface area contributed by atoms with E-state index in [0.29, 0.717) is 5.92 Å². The highest BCUT2D eigenvalue weighted by Crippen LogP contribution is 2.25. The Morgan fingerprint density at radius 1 is 1.20 bits per heavy atom. The van der Waals surface area contributed by atoms with Crippen molar-refractivity contribution in [2.24, 2.45) is 0 Å². The second kappa shape index (κ2) is 6.89. The van der Waals surface area contributed by atoms with Crippen molar-refractivity contribution in [2.45, 2.75) is 32.6 Å². The van der Waals surface area contributed by atoms with E-state index in [-0.39, 0.29) is 0 Å². The van der Waals surface area contributed by atoms with Crippen LogP contribution in [0, 0.1) is 0 Å². The van der Waals surface area contributed by atoms with Gasteiger partial charge in [-0.3, -0.25) is 0 Å². The van der Waals surface area contributed by atoms with Gasteiger partial charge in [-0.15, -0.1) is 0 Å². The summed E-state index contributed by atoms with van der Waals surface area (Å²) >= 11 is 3.57. The lowest BCUT2D eigenvalue weighted by molar-refractivity contribution is 0.340. The summed E-state index contributed by atoms with van der Waals surface area (Å²) < 4.78 is 5.42. The van der Waals surface area contributed by atoms with Crippen LogP contribution < -0.4 is 4.74 Å². The summed E-state index contributed by atoms with van der Waals surface area (Å²) in [5.74, 6) is 1.59. The minimum absolute atomic E-state index is 0.630. The monoisotopic (exact) mass is 270 g/mol. The van der Waals surface area contributed by atoms with Crippen LogP contribution in [0.3, 0.4) is 0 Å². The van der Waals surface area contributed by atoms with Gasteiger partial charge in [0.15, 0.2) is 0 Å². The molecule has 0 aliphatic rings. The molecule has 0 radical (unpaired) electrons. The second-order valence-corrected chi connectivity index (χ2v) is 4.29. The Morgan fingerprint density at radius 2 is 1.87 bits per heavy atom. The van der Waals surface area contributed by atoms with Crippen molar-refractivity contribution in [2.75, 3.05) is 11.9 Å². The Balaban J connectivity index is 2.68. The van der Waals surface area contributed by atoms with E-state index in [1.165, 1.54) is 18.4 Å². The van der Waals surface area contributed by atoms with Crippen LogP contribution in [0.5, 0.6) is 5.75 Å². The lowest BCUT2D eigenvalue weighted by Crippen LogP contribution is -2.00. The molecule has 84 valence electrons. The highest BCUT2D eigenvalue weighted by atomic mass is 79.9. The smallest absolute Gasteiger partial charge is 0.119 e. The summed E-state index contributed by atoms with van der Waals surface area (Å²) in [4.78, 5) is 0. The van der Waals surface area contributed by atoms with E-state index in [2.05, 4.69) is 47.1 Å². The van der Waals surface area contributed by atoms with E-state index in [4.69, 9.17) is 4.74 Å². The van der Waals surface area contributed by atoms with Crippen LogP contribution in [0.4, 0.5) is 0 Å². The first-order valence-electron chi connectivity index (χ1n) is 5.60. The van der Waals surface area contributed by atoms with E-state index < -0.39 is 0 Å². The molecule has 1 unspecified atom stereocenters. The average Bonchev–Trinajstić information content (AvgIpc) is 2.28. The fourth-order valence-corrected chi connectivity index (χ4v) is 2.38. The zero-order valence-electron chi connectivity index (χ0n) is 9.50. The van der Waals surface area contributed by atoms with E-state index in [9.17, 15) is 0 Å². The Hall–Kier alpha value is -0.500. The second-order valence-electron chi connectivity index (χ2n) is 3.64. The molecule has 1 rings (SSSR count). The van der Waals surface area contributed by atoms with Crippen molar-refractivity contribution < 1.29 is 4.74 Å². The van der Waals surface area contributed by atoms with E-state index in [1.54, 1.807) is 0 Å². The van der Waals surface area contributed by atoms with E-state index in [0.717, 1.165) is 17.7 Å². The molecule has 15 heavy (non-hydrogen) atoms. The number of alkyl halides is 1. The van der Waals surface area contributed by atoms with Gasteiger partial charge in [-0.1, -0.05) is 41.4 Å². The zero-order valence-corrected chi connectivity index (χ0v) is 11.1. The molecule has 0 aliphatic carbocycles. The predicted molar refractivity (Wildman–Crippen MR) is 69.1 cm³/mol. The molecule has 1 nitrogen and oxygen atoms in total.